The van der Waals surface area contributed by atoms with E-state index in [1.165, 1.54) is 0 Å². The Labute approximate surface area is 251 Å². The van der Waals surface area contributed by atoms with Crippen LogP contribution in [0.2, 0.25) is 0 Å². The molecule has 1 aromatic rings. The number of hydrogen-bond acceptors (Lipinski definition) is 3. The minimum atomic E-state index is -0.521. The van der Waals surface area contributed by atoms with E-state index >= 15 is 0 Å². The number of amides is 3. The van der Waals surface area contributed by atoms with E-state index in [0.717, 1.165) is 44.1 Å². The number of nitrogens with one attached hydrogen (secondary N) is 2. The van der Waals surface area contributed by atoms with Crippen LogP contribution in [0.15, 0.2) is 103 Å². The van der Waals surface area contributed by atoms with Gasteiger partial charge in [-0.25, -0.2) is 0 Å². The van der Waals surface area contributed by atoms with Crippen molar-refractivity contribution in [3.05, 3.63) is 115 Å². The maximum Gasteiger partial charge on any atom is 0.255 e. The van der Waals surface area contributed by atoms with Gasteiger partial charge >= 0.3 is 0 Å². The van der Waals surface area contributed by atoms with Gasteiger partial charge in [0.25, 0.3) is 5.91 Å². The van der Waals surface area contributed by atoms with Gasteiger partial charge < -0.3 is 15.5 Å². The Balaban J connectivity index is 1.30. The van der Waals surface area contributed by atoms with E-state index in [2.05, 4.69) is 91.0 Å². The van der Waals surface area contributed by atoms with E-state index in [0.29, 0.717) is 49.2 Å². The van der Waals surface area contributed by atoms with Crippen molar-refractivity contribution >= 4 is 23.4 Å². The zero-order valence-electron chi connectivity index (χ0n) is 24.9. The van der Waals surface area contributed by atoms with Crippen LogP contribution in [0.4, 0.5) is 5.69 Å². The van der Waals surface area contributed by atoms with Crippen LogP contribution in [0.3, 0.4) is 0 Å². The first-order chi connectivity index (χ1) is 20.5. The fourth-order valence-electron chi connectivity index (χ4n) is 4.85. The molecule has 6 nitrogen and oxygen atoms in total. The summed E-state index contributed by atoms with van der Waals surface area (Å²) in [7, 11) is 0. The lowest BCUT2D eigenvalue weighted by atomic mass is 10.0. The summed E-state index contributed by atoms with van der Waals surface area (Å²) in [6.45, 7) is 6.26. The summed E-state index contributed by atoms with van der Waals surface area (Å²) >= 11 is 0. The third kappa shape index (κ3) is 10.7. The van der Waals surface area contributed by atoms with Gasteiger partial charge in [-0.1, -0.05) is 92.5 Å². The molecule has 0 bridgehead atoms. The van der Waals surface area contributed by atoms with Crippen LogP contribution >= 0.6 is 0 Å². The first-order valence-corrected chi connectivity index (χ1v) is 15.1. The summed E-state index contributed by atoms with van der Waals surface area (Å²) in [5.41, 5.74) is 2.63. The number of piperidine rings is 1. The molecule has 0 radical (unpaired) electrons. The van der Waals surface area contributed by atoms with E-state index in [1.807, 2.05) is 12.1 Å². The average Bonchev–Trinajstić information content (AvgIpc) is 3.31. The molecule has 2 heterocycles. The Kier molecular flexibility index (Phi) is 14.1. The highest BCUT2D eigenvalue weighted by atomic mass is 16.2. The van der Waals surface area contributed by atoms with Crippen molar-refractivity contribution in [2.45, 2.75) is 83.7 Å². The normalized spacial score (nSPS) is 17.7. The van der Waals surface area contributed by atoms with Crippen LogP contribution in [-0.2, 0) is 16.1 Å². The largest absolute Gasteiger partial charge is 0.329 e. The van der Waals surface area contributed by atoms with Crippen molar-refractivity contribution in [1.82, 2.24) is 10.2 Å². The Morgan fingerprint density at radius 2 is 1.48 bits per heavy atom. The molecule has 1 saturated heterocycles. The van der Waals surface area contributed by atoms with Crippen molar-refractivity contribution in [3.63, 3.8) is 0 Å². The van der Waals surface area contributed by atoms with Gasteiger partial charge in [0, 0.05) is 35.5 Å². The molecule has 0 saturated carbocycles. The van der Waals surface area contributed by atoms with Gasteiger partial charge in [0.15, 0.2) is 0 Å². The molecule has 0 aromatic heterocycles. The van der Waals surface area contributed by atoms with E-state index < -0.39 is 6.04 Å². The SMILES string of the molecule is C=C1CCC(N2Cc3c(NC(=O)CC/C=C\C/C=C\C/C=C\C/C=C\C/C=C\C/C=C\CC)cccc3C2=O)C(=O)N1. The number of carbonyl (C=O) groups excluding carboxylic acids is 3. The topological polar surface area (TPSA) is 78.5 Å². The molecule has 42 heavy (non-hydrogen) atoms. The highest BCUT2D eigenvalue weighted by Gasteiger charge is 2.39. The van der Waals surface area contributed by atoms with Gasteiger partial charge in [-0.3, -0.25) is 14.4 Å². The minimum Gasteiger partial charge on any atom is -0.329 e. The molecule has 1 fully saturated rings. The summed E-state index contributed by atoms with van der Waals surface area (Å²) in [6, 6.07) is 4.81. The third-order valence-electron chi connectivity index (χ3n) is 7.10. The van der Waals surface area contributed by atoms with Gasteiger partial charge in [0.05, 0.1) is 0 Å². The number of rotatable bonds is 16. The van der Waals surface area contributed by atoms with Crippen molar-refractivity contribution in [3.8, 4) is 0 Å². The molecule has 1 unspecified atom stereocenters. The molecule has 6 heteroatoms. The first kappa shape index (κ1) is 32.3. The van der Waals surface area contributed by atoms with Gasteiger partial charge in [0.2, 0.25) is 11.8 Å². The van der Waals surface area contributed by atoms with Crippen LogP contribution in [0.1, 0.15) is 87.1 Å². The zero-order valence-corrected chi connectivity index (χ0v) is 24.9. The van der Waals surface area contributed by atoms with E-state index in [4.69, 9.17) is 0 Å². The number of hydrogen-bond donors (Lipinski definition) is 2. The molecular formula is C36H45N3O3. The molecule has 2 aliphatic heterocycles. The predicted molar refractivity (Wildman–Crippen MR) is 173 cm³/mol. The molecule has 0 spiro atoms. The summed E-state index contributed by atoms with van der Waals surface area (Å²) < 4.78 is 0. The molecule has 222 valence electrons. The second-order valence-corrected chi connectivity index (χ2v) is 10.4. The lowest BCUT2D eigenvalue weighted by Crippen LogP contribution is -2.49. The van der Waals surface area contributed by atoms with Crippen molar-refractivity contribution in [2.75, 3.05) is 5.32 Å². The number of carbonyl (C=O) groups is 3. The van der Waals surface area contributed by atoms with Crippen molar-refractivity contribution in [1.29, 1.82) is 0 Å². The second kappa shape index (κ2) is 18.3. The average molecular weight is 568 g/mol. The number of anilines is 1. The molecule has 2 N–H and O–H groups in total. The Bertz CT molecular complexity index is 1270. The summed E-state index contributed by atoms with van der Waals surface area (Å²) in [5, 5.41) is 5.72. The molecule has 3 rings (SSSR count). The van der Waals surface area contributed by atoms with Gasteiger partial charge in [-0.2, -0.15) is 0 Å². The van der Waals surface area contributed by atoms with Crippen LogP contribution in [0.25, 0.3) is 0 Å². The zero-order chi connectivity index (χ0) is 30.0. The summed E-state index contributed by atoms with van der Waals surface area (Å²) in [4.78, 5) is 39.6. The van der Waals surface area contributed by atoms with E-state index in [9.17, 15) is 14.4 Å². The van der Waals surface area contributed by atoms with Gasteiger partial charge in [-0.15, -0.1) is 0 Å². The Morgan fingerprint density at radius 3 is 2.05 bits per heavy atom. The molecule has 1 atom stereocenters. The fraction of sp³-hybridized carbons (Fsp3) is 0.361. The molecular weight excluding hydrogens is 522 g/mol. The minimum absolute atomic E-state index is 0.0967. The van der Waals surface area contributed by atoms with Crippen molar-refractivity contribution in [2.24, 2.45) is 0 Å². The monoisotopic (exact) mass is 567 g/mol. The quantitative estimate of drug-likeness (QED) is 0.200. The predicted octanol–water partition coefficient (Wildman–Crippen LogP) is 7.85. The van der Waals surface area contributed by atoms with Crippen molar-refractivity contribution < 1.29 is 14.4 Å². The first-order valence-electron chi connectivity index (χ1n) is 15.1. The molecule has 0 aliphatic carbocycles. The van der Waals surface area contributed by atoms with E-state index in [1.54, 1.807) is 17.0 Å². The maximum absolute atomic E-state index is 13.0. The van der Waals surface area contributed by atoms with Crippen LogP contribution < -0.4 is 10.6 Å². The highest BCUT2D eigenvalue weighted by Crippen LogP contribution is 2.32. The van der Waals surface area contributed by atoms with E-state index in [-0.39, 0.29) is 17.7 Å². The molecule has 3 amide bonds. The fourth-order valence-corrected chi connectivity index (χ4v) is 4.85. The lowest BCUT2D eigenvalue weighted by molar-refractivity contribution is -0.126. The number of benzene rings is 1. The van der Waals surface area contributed by atoms with Gasteiger partial charge in [0.1, 0.15) is 6.04 Å². The number of fused-ring (bicyclic) bond motifs is 1. The standard InChI is InChI=1S/C36H45N3O3/c1-3-4-5-6-7-8-9-10-11-12-13-14-15-16-17-18-19-20-21-25-34(40)38-32-24-22-23-30-31(32)28-39(36(30)42)33-27-26-29(2)37-35(33)41/h4-5,7-8,10-11,13-14,16-17,19-20,22-24,33H,2-3,6,9,12,15,18,21,25-28H2,1H3,(H,37,41)(H,38,40)/b5-4-,8-7-,11-10-,14-13-,17-16-,20-19-. The van der Waals surface area contributed by atoms with Crippen LogP contribution in [-0.4, -0.2) is 28.7 Å². The van der Waals surface area contributed by atoms with Crippen LogP contribution in [0.5, 0.6) is 0 Å². The third-order valence-corrected chi connectivity index (χ3v) is 7.10. The number of allylic oxidation sites excluding steroid dienone is 13. The molecule has 1 aromatic carbocycles. The Morgan fingerprint density at radius 1 is 0.905 bits per heavy atom. The molecule has 2 aliphatic rings. The highest BCUT2D eigenvalue weighted by molar-refractivity contribution is 6.04. The second-order valence-electron chi connectivity index (χ2n) is 10.4. The summed E-state index contributed by atoms with van der Waals surface area (Å²) in [6.07, 6.45) is 33.9. The number of nitrogens with zero attached hydrogens (tertiary/aromatic N) is 1. The lowest BCUT2D eigenvalue weighted by Gasteiger charge is -2.31. The smallest absolute Gasteiger partial charge is 0.255 e. The Hall–Kier alpha value is -4.19. The van der Waals surface area contributed by atoms with Crippen LogP contribution in [0, 0.1) is 0 Å². The van der Waals surface area contributed by atoms with Gasteiger partial charge in [-0.05, 0) is 69.9 Å². The maximum atomic E-state index is 13.0. The summed E-state index contributed by atoms with van der Waals surface area (Å²) in [5.74, 6) is -0.471.